The molecule has 0 radical (unpaired) electrons. The average molecular weight is 395 g/mol. The smallest absolute Gasteiger partial charge is 0.160 e. The maximum Gasteiger partial charge on any atom is 0.160 e. The average Bonchev–Trinajstić information content (AvgIpc) is 3.33. The van der Waals surface area contributed by atoms with E-state index >= 15 is 0 Å². The van der Waals surface area contributed by atoms with Crippen LogP contribution in [0.2, 0.25) is 0 Å². The highest BCUT2D eigenvalue weighted by Crippen LogP contribution is 2.38. The fourth-order valence-corrected chi connectivity index (χ4v) is 3.87. The van der Waals surface area contributed by atoms with Crippen molar-refractivity contribution in [3.63, 3.8) is 0 Å². The van der Waals surface area contributed by atoms with Crippen LogP contribution in [0.4, 0.5) is 0 Å². The van der Waals surface area contributed by atoms with Gasteiger partial charge in [-0.05, 0) is 42.9 Å². The van der Waals surface area contributed by atoms with Crippen LogP contribution in [-0.4, -0.2) is 41.7 Å². The van der Waals surface area contributed by atoms with Gasteiger partial charge in [0.15, 0.2) is 11.6 Å². The summed E-state index contributed by atoms with van der Waals surface area (Å²) >= 11 is 0. The molecule has 0 spiro atoms. The second-order valence-corrected chi connectivity index (χ2v) is 9.46. The van der Waals surface area contributed by atoms with Gasteiger partial charge in [0.2, 0.25) is 0 Å². The van der Waals surface area contributed by atoms with Crippen molar-refractivity contribution in [3.8, 4) is 11.4 Å². The molecule has 0 bridgehead atoms. The van der Waals surface area contributed by atoms with Gasteiger partial charge in [-0.2, -0.15) is 10.2 Å². The van der Waals surface area contributed by atoms with Gasteiger partial charge in [0, 0.05) is 44.2 Å². The largest absolute Gasteiger partial charge is 0.373 e. The minimum Gasteiger partial charge on any atom is -0.373 e. The Balaban J connectivity index is 1.79. The minimum absolute atomic E-state index is 0.0160. The third kappa shape index (κ3) is 3.96. The van der Waals surface area contributed by atoms with E-state index in [1.165, 1.54) is 5.56 Å². The Morgan fingerprint density at radius 2 is 2.00 bits per heavy atom. The number of aryl methyl sites for hydroxylation is 1. The van der Waals surface area contributed by atoms with Crippen molar-refractivity contribution >= 4 is 0 Å². The summed E-state index contributed by atoms with van der Waals surface area (Å²) in [7, 11) is 1.92. The van der Waals surface area contributed by atoms with Crippen LogP contribution in [0.1, 0.15) is 64.0 Å². The van der Waals surface area contributed by atoms with Crippen LogP contribution in [0.25, 0.3) is 11.4 Å². The maximum absolute atomic E-state index is 5.99. The normalized spacial score (nSPS) is 19.0. The zero-order valence-electron chi connectivity index (χ0n) is 18.2. The molecule has 1 aliphatic rings. The highest BCUT2D eigenvalue weighted by Gasteiger charge is 2.39. The van der Waals surface area contributed by atoms with Crippen LogP contribution in [0.15, 0.2) is 30.9 Å². The van der Waals surface area contributed by atoms with Crippen LogP contribution in [-0.2, 0) is 23.6 Å². The van der Waals surface area contributed by atoms with Gasteiger partial charge in [-0.3, -0.25) is 9.67 Å². The summed E-state index contributed by atoms with van der Waals surface area (Å²) in [5.74, 6) is 1.64. The van der Waals surface area contributed by atoms with Crippen LogP contribution in [0, 0.1) is 0 Å². The third-order valence-electron chi connectivity index (χ3n) is 5.62. The van der Waals surface area contributed by atoms with Gasteiger partial charge in [0.1, 0.15) is 0 Å². The first-order valence-electron chi connectivity index (χ1n) is 10.2. The Hall–Kier alpha value is -2.54. The van der Waals surface area contributed by atoms with Crippen molar-refractivity contribution < 1.29 is 4.74 Å². The van der Waals surface area contributed by atoms with E-state index in [-0.39, 0.29) is 17.1 Å². The molecule has 1 fully saturated rings. The Bertz CT molecular complexity index is 1010. The molecule has 4 heterocycles. The lowest BCUT2D eigenvalue weighted by atomic mass is 9.87. The summed E-state index contributed by atoms with van der Waals surface area (Å²) in [5.41, 5.74) is 3.00. The zero-order valence-corrected chi connectivity index (χ0v) is 18.2. The van der Waals surface area contributed by atoms with Crippen LogP contribution >= 0.6 is 0 Å². The first-order chi connectivity index (χ1) is 13.6. The molecule has 3 aromatic heterocycles. The fraction of sp³-hybridized carbons (Fsp3) is 0.545. The molecule has 3 aromatic rings. The Morgan fingerprint density at radius 3 is 2.62 bits per heavy atom. The van der Waals surface area contributed by atoms with Crippen LogP contribution < -0.4 is 0 Å². The van der Waals surface area contributed by atoms with E-state index in [2.05, 4.69) is 55.4 Å². The lowest BCUT2D eigenvalue weighted by Crippen LogP contribution is -2.31. The van der Waals surface area contributed by atoms with Crippen LogP contribution in [0.3, 0.4) is 0 Å². The van der Waals surface area contributed by atoms with Gasteiger partial charge in [-0.25, -0.2) is 9.67 Å². The second-order valence-electron chi connectivity index (χ2n) is 9.46. The molecule has 0 amide bonds. The van der Waals surface area contributed by atoms with Crippen molar-refractivity contribution in [2.75, 3.05) is 6.61 Å². The van der Waals surface area contributed by atoms with E-state index in [0.717, 1.165) is 35.8 Å². The fourth-order valence-electron chi connectivity index (χ4n) is 3.87. The van der Waals surface area contributed by atoms with Gasteiger partial charge in [0.25, 0.3) is 0 Å². The highest BCUT2D eigenvalue weighted by molar-refractivity contribution is 5.56. The predicted molar refractivity (Wildman–Crippen MR) is 112 cm³/mol. The monoisotopic (exact) mass is 394 g/mol. The number of ether oxygens (including phenoxy) is 1. The predicted octanol–water partition coefficient (Wildman–Crippen LogP) is 3.70. The minimum atomic E-state index is -0.289. The molecule has 154 valence electrons. The number of pyridine rings is 1. The molecule has 0 aliphatic carbocycles. The van der Waals surface area contributed by atoms with E-state index in [4.69, 9.17) is 14.8 Å². The standard InChI is InChI=1S/C22H30N6O/c1-21(2,3)17-10-16(12-23-13-17)20-25-19(9-15-11-24-27(6)14-15)26-28(20)18-7-8-29-22(18,4)5/h10-14,18H,7-9H2,1-6H3. The molecule has 1 atom stereocenters. The summed E-state index contributed by atoms with van der Waals surface area (Å²) in [6.07, 6.45) is 9.25. The molecule has 7 heteroatoms. The third-order valence-corrected chi connectivity index (χ3v) is 5.62. The number of hydrogen-bond acceptors (Lipinski definition) is 5. The molecule has 1 aliphatic heterocycles. The van der Waals surface area contributed by atoms with Crippen LogP contribution in [0.5, 0.6) is 0 Å². The first kappa shape index (κ1) is 19.8. The van der Waals surface area contributed by atoms with Gasteiger partial charge in [-0.1, -0.05) is 20.8 Å². The van der Waals surface area contributed by atoms with Crippen molar-refractivity contribution in [2.45, 2.75) is 64.5 Å². The van der Waals surface area contributed by atoms with Gasteiger partial charge < -0.3 is 4.74 Å². The Labute approximate surface area is 172 Å². The molecule has 0 aromatic carbocycles. The lowest BCUT2D eigenvalue weighted by molar-refractivity contribution is 0.0121. The number of nitrogens with zero attached hydrogens (tertiary/aromatic N) is 6. The molecule has 0 N–H and O–H groups in total. The van der Waals surface area contributed by atoms with Gasteiger partial charge >= 0.3 is 0 Å². The van der Waals surface area contributed by atoms with Crippen molar-refractivity contribution in [2.24, 2.45) is 7.05 Å². The van der Waals surface area contributed by atoms with E-state index in [9.17, 15) is 0 Å². The maximum atomic E-state index is 5.99. The molecule has 1 saturated heterocycles. The number of aromatic nitrogens is 6. The van der Waals surface area contributed by atoms with E-state index < -0.39 is 0 Å². The molecular weight excluding hydrogens is 364 g/mol. The highest BCUT2D eigenvalue weighted by atomic mass is 16.5. The van der Waals surface area contributed by atoms with E-state index in [0.29, 0.717) is 6.42 Å². The Kier molecular flexibility index (Phi) is 4.81. The van der Waals surface area contributed by atoms with Crippen molar-refractivity contribution in [3.05, 3.63) is 47.8 Å². The first-order valence-corrected chi connectivity index (χ1v) is 10.2. The second kappa shape index (κ2) is 7.06. The van der Waals surface area contributed by atoms with E-state index in [1.807, 2.05) is 31.8 Å². The van der Waals surface area contributed by atoms with Crippen molar-refractivity contribution in [1.29, 1.82) is 0 Å². The zero-order chi connectivity index (χ0) is 20.8. The lowest BCUT2D eigenvalue weighted by Gasteiger charge is -2.27. The molecule has 7 nitrogen and oxygen atoms in total. The van der Waals surface area contributed by atoms with Gasteiger partial charge in [0.05, 0.1) is 17.8 Å². The summed E-state index contributed by atoms with van der Waals surface area (Å²) < 4.78 is 9.85. The topological polar surface area (TPSA) is 70.7 Å². The molecular formula is C22H30N6O. The summed E-state index contributed by atoms with van der Waals surface area (Å²) in [6, 6.07) is 2.32. The summed E-state index contributed by atoms with van der Waals surface area (Å²) in [4.78, 5) is 9.44. The summed E-state index contributed by atoms with van der Waals surface area (Å²) in [6.45, 7) is 11.6. The quantitative estimate of drug-likeness (QED) is 0.675. The summed E-state index contributed by atoms with van der Waals surface area (Å²) in [5, 5.41) is 9.19. The van der Waals surface area contributed by atoms with Crippen molar-refractivity contribution in [1.82, 2.24) is 29.5 Å². The van der Waals surface area contributed by atoms with Gasteiger partial charge in [-0.15, -0.1) is 0 Å². The molecule has 29 heavy (non-hydrogen) atoms. The SMILES string of the molecule is Cn1cc(Cc2nc(-c3cncc(C(C)(C)C)c3)n(C3CCOC3(C)C)n2)cn1. The number of hydrogen-bond donors (Lipinski definition) is 0. The molecule has 1 unspecified atom stereocenters. The molecule has 4 rings (SSSR count). The van der Waals surface area contributed by atoms with E-state index in [1.54, 1.807) is 4.68 Å². The Morgan fingerprint density at radius 1 is 1.21 bits per heavy atom. The number of rotatable bonds is 4. The molecule has 0 saturated carbocycles.